The third-order valence-electron chi connectivity index (χ3n) is 5.49. The second-order valence-electron chi connectivity index (χ2n) is 7.51. The Bertz CT molecular complexity index is 927. The Morgan fingerprint density at radius 1 is 1.19 bits per heavy atom. The number of piperidine rings is 1. The van der Waals surface area contributed by atoms with E-state index in [2.05, 4.69) is 27.4 Å². The van der Waals surface area contributed by atoms with Crippen LogP contribution < -0.4 is 5.32 Å². The standard InChI is InChI=1S/C19H24N4O3S/c24-19(21-9-5-14-12-27(25,26)13-14)23-10-6-15(7-11-23)17-4-3-16-2-1-8-20-18(16)22-17/h1-4,8,14-15H,5-7,9-13H2,(H,21,24). The third-order valence-corrected chi connectivity index (χ3v) is 7.45. The maximum atomic E-state index is 12.3. The van der Waals surface area contributed by atoms with Crippen molar-refractivity contribution in [3.63, 3.8) is 0 Å². The van der Waals surface area contributed by atoms with Crippen LogP contribution in [0, 0.1) is 5.92 Å². The van der Waals surface area contributed by atoms with E-state index in [0.717, 1.165) is 36.0 Å². The van der Waals surface area contributed by atoms with Crippen molar-refractivity contribution in [3.8, 4) is 0 Å². The Morgan fingerprint density at radius 2 is 1.96 bits per heavy atom. The molecule has 2 aromatic rings. The lowest BCUT2D eigenvalue weighted by atomic mass is 9.93. The maximum Gasteiger partial charge on any atom is 0.317 e. The number of sulfone groups is 1. The SMILES string of the molecule is O=C(NCCC1CS(=O)(=O)C1)N1CCC(c2ccc3cccnc3n2)CC1. The molecule has 2 aliphatic rings. The van der Waals surface area contributed by atoms with E-state index >= 15 is 0 Å². The first-order chi connectivity index (χ1) is 13.0. The number of nitrogens with one attached hydrogen (secondary N) is 1. The van der Waals surface area contributed by atoms with Crippen LogP contribution in [0.3, 0.4) is 0 Å². The number of amides is 2. The minimum absolute atomic E-state index is 0.0521. The van der Waals surface area contributed by atoms with Gasteiger partial charge in [-0.3, -0.25) is 0 Å². The van der Waals surface area contributed by atoms with E-state index in [4.69, 9.17) is 0 Å². The number of hydrogen-bond donors (Lipinski definition) is 1. The average Bonchev–Trinajstić information content (AvgIpc) is 2.66. The highest BCUT2D eigenvalue weighted by molar-refractivity contribution is 7.92. The highest BCUT2D eigenvalue weighted by Gasteiger charge is 2.33. The zero-order valence-electron chi connectivity index (χ0n) is 15.2. The van der Waals surface area contributed by atoms with Crippen LogP contribution in [0.2, 0.25) is 0 Å². The monoisotopic (exact) mass is 388 g/mol. The van der Waals surface area contributed by atoms with Gasteiger partial charge >= 0.3 is 6.03 Å². The molecule has 2 fully saturated rings. The molecule has 0 saturated carbocycles. The number of urea groups is 1. The number of rotatable bonds is 4. The summed E-state index contributed by atoms with van der Waals surface area (Å²) in [6, 6.07) is 7.99. The van der Waals surface area contributed by atoms with Gasteiger partial charge in [0.2, 0.25) is 0 Å². The Balaban J connectivity index is 1.25. The fourth-order valence-electron chi connectivity index (χ4n) is 3.90. The van der Waals surface area contributed by atoms with Crippen LogP contribution >= 0.6 is 0 Å². The molecular formula is C19H24N4O3S. The van der Waals surface area contributed by atoms with Crippen LogP contribution in [0.1, 0.15) is 30.9 Å². The summed E-state index contributed by atoms with van der Waals surface area (Å²) in [5, 5.41) is 3.96. The van der Waals surface area contributed by atoms with Gasteiger partial charge in [-0.15, -0.1) is 0 Å². The van der Waals surface area contributed by atoms with E-state index in [1.54, 1.807) is 6.20 Å². The molecule has 0 unspecified atom stereocenters. The van der Waals surface area contributed by atoms with Crippen LogP contribution in [0.4, 0.5) is 4.79 Å². The lowest BCUT2D eigenvalue weighted by Gasteiger charge is -2.32. The molecule has 2 aromatic heterocycles. The molecule has 0 bridgehead atoms. The number of likely N-dealkylation sites (tertiary alicyclic amines) is 1. The number of nitrogens with zero attached hydrogens (tertiary/aromatic N) is 3. The molecule has 27 heavy (non-hydrogen) atoms. The summed E-state index contributed by atoms with van der Waals surface area (Å²) in [7, 11) is -2.78. The van der Waals surface area contributed by atoms with Crippen molar-refractivity contribution in [1.29, 1.82) is 0 Å². The van der Waals surface area contributed by atoms with Gasteiger partial charge < -0.3 is 10.2 Å². The van der Waals surface area contributed by atoms with Crippen molar-refractivity contribution in [2.24, 2.45) is 5.92 Å². The van der Waals surface area contributed by atoms with E-state index in [1.807, 2.05) is 17.0 Å². The van der Waals surface area contributed by atoms with Crippen LogP contribution in [0.25, 0.3) is 11.0 Å². The lowest BCUT2D eigenvalue weighted by molar-refractivity contribution is 0.180. The van der Waals surface area contributed by atoms with E-state index in [-0.39, 0.29) is 23.5 Å². The minimum Gasteiger partial charge on any atom is -0.338 e. The van der Waals surface area contributed by atoms with Gasteiger partial charge in [0.05, 0.1) is 11.5 Å². The second kappa shape index (κ2) is 7.42. The summed E-state index contributed by atoms with van der Waals surface area (Å²) in [6.07, 6.45) is 4.26. The fraction of sp³-hybridized carbons (Fsp3) is 0.526. The molecule has 0 atom stereocenters. The van der Waals surface area contributed by atoms with Gasteiger partial charge in [-0.05, 0) is 49.4 Å². The fourth-order valence-corrected chi connectivity index (χ4v) is 5.58. The minimum atomic E-state index is -2.78. The molecule has 0 radical (unpaired) electrons. The molecule has 4 rings (SSSR count). The van der Waals surface area contributed by atoms with Gasteiger partial charge in [-0.1, -0.05) is 0 Å². The predicted molar refractivity (Wildman–Crippen MR) is 103 cm³/mol. The number of fused-ring (bicyclic) bond motifs is 1. The highest BCUT2D eigenvalue weighted by Crippen LogP contribution is 2.28. The first kappa shape index (κ1) is 18.2. The van der Waals surface area contributed by atoms with E-state index in [0.29, 0.717) is 25.6 Å². The van der Waals surface area contributed by atoms with E-state index < -0.39 is 9.84 Å². The number of aromatic nitrogens is 2. The first-order valence-electron chi connectivity index (χ1n) is 9.45. The topological polar surface area (TPSA) is 92.3 Å². The van der Waals surface area contributed by atoms with Gasteiger partial charge in [0.15, 0.2) is 15.5 Å². The van der Waals surface area contributed by atoms with Gasteiger partial charge in [-0.2, -0.15) is 0 Å². The molecule has 0 aromatic carbocycles. The number of hydrogen-bond acceptors (Lipinski definition) is 5. The number of carbonyl (C=O) groups is 1. The Morgan fingerprint density at radius 3 is 2.70 bits per heavy atom. The largest absolute Gasteiger partial charge is 0.338 e. The van der Waals surface area contributed by atoms with Gasteiger partial charge in [0.1, 0.15) is 0 Å². The van der Waals surface area contributed by atoms with Gasteiger partial charge in [-0.25, -0.2) is 23.2 Å². The van der Waals surface area contributed by atoms with Crippen molar-refractivity contribution < 1.29 is 13.2 Å². The molecule has 7 nitrogen and oxygen atoms in total. The van der Waals surface area contributed by atoms with Crippen molar-refractivity contribution in [2.45, 2.75) is 25.2 Å². The zero-order chi connectivity index (χ0) is 18.9. The third kappa shape index (κ3) is 4.21. The summed E-state index contributed by atoms with van der Waals surface area (Å²) in [5.74, 6) is 1.08. The van der Waals surface area contributed by atoms with Crippen molar-refractivity contribution in [1.82, 2.24) is 20.2 Å². The Kier molecular flexibility index (Phi) is 4.99. The summed E-state index contributed by atoms with van der Waals surface area (Å²) >= 11 is 0. The number of pyridine rings is 2. The smallest absolute Gasteiger partial charge is 0.317 e. The highest BCUT2D eigenvalue weighted by atomic mass is 32.2. The molecule has 144 valence electrons. The molecule has 2 saturated heterocycles. The molecule has 0 aliphatic carbocycles. The van der Waals surface area contributed by atoms with Gasteiger partial charge in [0, 0.05) is 42.8 Å². The van der Waals surface area contributed by atoms with Crippen LogP contribution in [-0.4, -0.2) is 60.5 Å². The molecule has 0 spiro atoms. The van der Waals surface area contributed by atoms with Crippen molar-refractivity contribution >= 4 is 26.9 Å². The Labute approximate surface area is 159 Å². The maximum absolute atomic E-state index is 12.3. The van der Waals surface area contributed by atoms with E-state index in [1.165, 1.54) is 0 Å². The summed E-state index contributed by atoms with van der Waals surface area (Å²) in [6.45, 7) is 1.95. The van der Waals surface area contributed by atoms with Crippen LogP contribution in [0.5, 0.6) is 0 Å². The lowest BCUT2D eigenvalue weighted by Crippen LogP contribution is -2.45. The molecule has 4 heterocycles. The summed E-state index contributed by atoms with van der Waals surface area (Å²) in [5.41, 5.74) is 1.82. The van der Waals surface area contributed by atoms with Crippen LogP contribution in [0.15, 0.2) is 30.5 Å². The molecule has 2 amide bonds. The van der Waals surface area contributed by atoms with Crippen molar-refractivity contribution in [2.75, 3.05) is 31.1 Å². The molecule has 8 heteroatoms. The summed E-state index contributed by atoms with van der Waals surface area (Å²) in [4.78, 5) is 23.2. The van der Waals surface area contributed by atoms with Crippen molar-refractivity contribution in [3.05, 3.63) is 36.2 Å². The average molecular weight is 388 g/mol. The quantitative estimate of drug-likeness (QED) is 0.864. The zero-order valence-corrected chi connectivity index (χ0v) is 16.0. The first-order valence-corrected chi connectivity index (χ1v) is 11.3. The van der Waals surface area contributed by atoms with Gasteiger partial charge in [0.25, 0.3) is 0 Å². The number of carbonyl (C=O) groups excluding carboxylic acids is 1. The molecule has 2 aliphatic heterocycles. The second-order valence-corrected chi connectivity index (χ2v) is 9.66. The van der Waals surface area contributed by atoms with Crippen LogP contribution in [-0.2, 0) is 9.84 Å². The predicted octanol–water partition coefficient (Wildman–Crippen LogP) is 1.95. The molecule has 1 N–H and O–H groups in total. The normalized spacial score (nSPS) is 20.4. The Hall–Kier alpha value is -2.22. The molecular weight excluding hydrogens is 364 g/mol. The summed E-state index contributed by atoms with van der Waals surface area (Å²) < 4.78 is 22.3. The van der Waals surface area contributed by atoms with E-state index in [9.17, 15) is 13.2 Å².